The second-order valence-corrected chi connectivity index (χ2v) is 8.95. The van der Waals surface area contributed by atoms with Crippen LogP contribution >= 0.6 is 23.1 Å². The number of anilines is 1. The molecule has 1 saturated heterocycles. The standard InChI is InChI=1S/C11H18N4O3S3/c1-3-21(17,18)15-6-4-5-8(7-15)9(16)12-10-13-14-11(19-2)20-10/h8H,3-7H2,1-2H3,(H,12,13,16). The molecule has 2 rings (SSSR count). The van der Waals surface area contributed by atoms with Gasteiger partial charge in [-0.25, -0.2) is 12.7 Å². The second-order valence-electron chi connectivity index (χ2n) is 4.66. The van der Waals surface area contributed by atoms with Crippen molar-refractivity contribution in [2.45, 2.75) is 24.1 Å². The lowest BCUT2D eigenvalue weighted by Gasteiger charge is -2.30. The second kappa shape index (κ2) is 7.03. The third-order valence-electron chi connectivity index (χ3n) is 3.32. The van der Waals surface area contributed by atoms with Crippen molar-refractivity contribution < 1.29 is 13.2 Å². The minimum absolute atomic E-state index is 0.0643. The number of carbonyl (C=O) groups is 1. The van der Waals surface area contributed by atoms with Crippen molar-refractivity contribution in [1.29, 1.82) is 0 Å². The molecule has 1 N–H and O–H groups in total. The molecule has 1 aliphatic heterocycles. The normalized spacial score (nSPS) is 20.4. The highest BCUT2D eigenvalue weighted by Crippen LogP contribution is 2.25. The van der Waals surface area contributed by atoms with Gasteiger partial charge in [0.15, 0.2) is 4.34 Å². The SMILES string of the molecule is CCS(=O)(=O)N1CCCC(C(=O)Nc2nnc(SC)s2)C1. The molecule has 2 heterocycles. The van der Waals surface area contributed by atoms with Gasteiger partial charge in [-0.3, -0.25) is 4.79 Å². The average molecular weight is 350 g/mol. The summed E-state index contributed by atoms with van der Waals surface area (Å²) in [4.78, 5) is 12.2. The van der Waals surface area contributed by atoms with E-state index in [-0.39, 0.29) is 24.1 Å². The van der Waals surface area contributed by atoms with E-state index in [1.165, 1.54) is 27.4 Å². The Morgan fingerprint density at radius 1 is 1.52 bits per heavy atom. The molecule has 1 unspecified atom stereocenters. The van der Waals surface area contributed by atoms with Crippen LogP contribution in [-0.2, 0) is 14.8 Å². The molecular weight excluding hydrogens is 332 g/mol. The van der Waals surface area contributed by atoms with Gasteiger partial charge in [0.1, 0.15) is 0 Å². The Morgan fingerprint density at radius 2 is 2.29 bits per heavy atom. The molecular formula is C11H18N4O3S3. The van der Waals surface area contributed by atoms with Gasteiger partial charge < -0.3 is 5.32 Å². The molecule has 10 heteroatoms. The molecule has 0 aliphatic carbocycles. The summed E-state index contributed by atoms with van der Waals surface area (Å²) < 4.78 is 26.0. The first-order valence-corrected chi connectivity index (χ1v) is 10.3. The Bertz CT molecular complexity index is 602. The summed E-state index contributed by atoms with van der Waals surface area (Å²) in [5, 5.41) is 11.0. The molecule has 0 saturated carbocycles. The van der Waals surface area contributed by atoms with E-state index in [2.05, 4.69) is 15.5 Å². The van der Waals surface area contributed by atoms with Gasteiger partial charge in [0.05, 0.1) is 11.7 Å². The smallest absolute Gasteiger partial charge is 0.230 e. The number of sulfonamides is 1. The van der Waals surface area contributed by atoms with Crippen LogP contribution in [0.2, 0.25) is 0 Å². The number of rotatable bonds is 5. The number of aromatic nitrogens is 2. The number of nitrogens with one attached hydrogen (secondary N) is 1. The van der Waals surface area contributed by atoms with E-state index in [4.69, 9.17) is 0 Å². The molecule has 0 radical (unpaired) electrons. The Balaban J connectivity index is 1.99. The first kappa shape index (κ1) is 16.7. The van der Waals surface area contributed by atoms with Crippen LogP contribution in [0.3, 0.4) is 0 Å². The number of hydrogen-bond acceptors (Lipinski definition) is 7. The summed E-state index contributed by atoms with van der Waals surface area (Å²) in [5.41, 5.74) is 0. The van der Waals surface area contributed by atoms with Crippen LogP contribution in [0.15, 0.2) is 4.34 Å². The first-order chi connectivity index (χ1) is 9.96. The lowest BCUT2D eigenvalue weighted by Crippen LogP contribution is -2.44. The zero-order valence-electron chi connectivity index (χ0n) is 11.9. The van der Waals surface area contributed by atoms with Crippen LogP contribution in [0, 0.1) is 5.92 Å². The zero-order chi connectivity index (χ0) is 15.5. The summed E-state index contributed by atoms with van der Waals surface area (Å²) in [6.07, 6.45) is 3.28. The number of amides is 1. The predicted octanol–water partition coefficient (Wildman–Crippen LogP) is 1.26. The van der Waals surface area contributed by atoms with Crippen molar-refractivity contribution in [3.05, 3.63) is 0 Å². The Kier molecular flexibility index (Phi) is 5.58. The maximum absolute atomic E-state index is 12.2. The maximum Gasteiger partial charge on any atom is 0.230 e. The van der Waals surface area contributed by atoms with Crippen molar-refractivity contribution >= 4 is 44.2 Å². The highest BCUT2D eigenvalue weighted by Gasteiger charge is 2.31. The third-order valence-corrected chi connectivity index (χ3v) is 6.99. The highest BCUT2D eigenvalue weighted by molar-refractivity contribution is 8.00. The molecule has 21 heavy (non-hydrogen) atoms. The minimum Gasteiger partial charge on any atom is -0.300 e. The number of carbonyl (C=O) groups excluding carboxylic acids is 1. The van der Waals surface area contributed by atoms with Gasteiger partial charge in [-0.15, -0.1) is 10.2 Å². The van der Waals surface area contributed by atoms with E-state index in [9.17, 15) is 13.2 Å². The van der Waals surface area contributed by atoms with Crippen molar-refractivity contribution in [2.24, 2.45) is 5.92 Å². The van der Waals surface area contributed by atoms with Gasteiger partial charge in [-0.1, -0.05) is 23.1 Å². The summed E-state index contributed by atoms with van der Waals surface area (Å²) in [5.74, 6) is -0.453. The number of thioether (sulfide) groups is 1. The van der Waals surface area contributed by atoms with Gasteiger partial charge in [0.25, 0.3) is 0 Å². The van der Waals surface area contributed by atoms with Crippen LogP contribution in [0.5, 0.6) is 0 Å². The summed E-state index contributed by atoms with van der Waals surface area (Å²) >= 11 is 2.78. The fourth-order valence-corrected chi connectivity index (χ4v) is 4.49. The van der Waals surface area contributed by atoms with E-state index in [0.29, 0.717) is 24.5 Å². The summed E-state index contributed by atoms with van der Waals surface area (Å²) in [7, 11) is -3.24. The highest BCUT2D eigenvalue weighted by atomic mass is 32.2. The monoisotopic (exact) mass is 350 g/mol. The van der Waals surface area contributed by atoms with E-state index in [0.717, 1.165) is 4.34 Å². The molecule has 0 aromatic carbocycles. The van der Waals surface area contributed by atoms with E-state index < -0.39 is 10.0 Å². The van der Waals surface area contributed by atoms with E-state index in [1.807, 2.05) is 6.26 Å². The van der Waals surface area contributed by atoms with Crippen LogP contribution in [0.25, 0.3) is 0 Å². The van der Waals surface area contributed by atoms with Gasteiger partial charge in [0, 0.05) is 13.1 Å². The first-order valence-electron chi connectivity index (χ1n) is 6.62. The Labute approximate surface area is 132 Å². The minimum atomic E-state index is -3.24. The Hall–Kier alpha value is -0.710. The lowest BCUT2D eigenvalue weighted by molar-refractivity contribution is -0.120. The van der Waals surface area contributed by atoms with Crippen molar-refractivity contribution in [2.75, 3.05) is 30.4 Å². The van der Waals surface area contributed by atoms with E-state index in [1.54, 1.807) is 6.92 Å². The van der Waals surface area contributed by atoms with Gasteiger partial charge in [0.2, 0.25) is 21.1 Å². The molecule has 7 nitrogen and oxygen atoms in total. The molecule has 1 aromatic rings. The molecule has 0 bridgehead atoms. The van der Waals surface area contributed by atoms with E-state index >= 15 is 0 Å². The van der Waals surface area contributed by atoms with Crippen LogP contribution in [0.4, 0.5) is 5.13 Å². The third kappa shape index (κ3) is 4.15. The fourth-order valence-electron chi connectivity index (χ4n) is 2.14. The largest absolute Gasteiger partial charge is 0.300 e. The zero-order valence-corrected chi connectivity index (χ0v) is 14.4. The molecule has 1 aliphatic rings. The number of hydrogen-bond donors (Lipinski definition) is 1. The van der Waals surface area contributed by atoms with Crippen LogP contribution in [0.1, 0.15) is 19.8 Å². The Morgan fingerprint density at radius 3 is 2.90 bits per heavy atom. The molecule has 118 valence electrons. The number of piperidine rings is 1. The molecule has 1 fully saturated rings. The van der Waals surface area contributed by atoms with Crippen molar-refractivity contribution in [3.8, 4) is 0 Å². The van der Waals surface area contributed by atoms with Gasteiger partial charge in [-0.05, 0) is 26.0 Å². The molecule has 0 spiro atoms. The van der Waals surface area contributed by atoms with Crippen molar-refractivity contribution in [1.82, 2.24) is 14.5 Å². The van der Waals surface area contributed by atoms with Crippen LogP contribution < -0.4 is 5.32 Å². The predicted molar refractivity (Wildman–Crippen MR) is 84.1 cm³/mol. The average Bonchev–Trinajstić information content (AvgIpc) is 2.95. The molecule has 1 aromatic heterocycles. The summed E-state index contributed by atoms with van der Waals surface area (Å²) in [6.45, 7) is 2.36. The maximum atomic E-state index is 12.2. The lowest BCUT2D eigenvalue weighted by atomic mass is 9.99. The topological polar surface area (TPSA) is 92.3 Å². The van der Waals surface area contributed by atoms with Gasteiger partial charge >= 0.3 is 0 Å². The van der Waals surface area contributed by atoms with Gasteiger partial charge in [-0.2, -0.15) is 0 Å². The fraction of sp³-hybridized carbons (Fsp3) is 0.727. The van der Waals surface area contributed by atoms with Crippen LogP contribution in [-0.4, -0.2) is 53.9 Å². The number of nitrogens with zero attached hydrogens (tertiary/aromatic N) is 3. The summed E-state index contributed by atoms with van der Waals surface area (Å²) in [6, 6.07) is 0. The quantitative estimate of drug-likeness (QED) is 0.635. The molecule has 1 amide bonds. The molecule has 1 atom stereocenters. The van der Waals surface area contributed by atoms with Crippen molar-refractivity contribution in [3.63, 3.8) is 0 Å².